The average Bonchev–Trinajstić information content (AvgIpc) is 3.02. The van der Waals surface area contributed by atoms with Crippen LogP contribution in [0, 0.1) is 6.92 Å². The van der Waals surface area contributed by atoms with Gasteiger partial charge in [0.15, 0.2) is 4.80 Å². The fraction of sp³-hybridized carbons (Fsp3) is 0.217. The van der Waals surface area contributed by atoms with Crippen molar-refractivity contribution in [1.29, 1.82) is 0 Å². The summed E-state index contributed by atoms with van der Waals surface area (Å²) in [5.41, 5.74) is 3.29. The minimum Gasteiger partial charge on any atom is -0.383 e. The number of aromatic nitrogens is 1. The number of hydrogen-bond donors (Lipinski definition) is 0. The molecule has 0 unspecified atom stereocenters. The maximum atomic E-state index is 12.8. The number of fused-ring (bicyclic) bond motifs is 2. The number of methoxy groups -OCH3 is 1. The van der Waals surface area contributed by atoms with Crippen molar-refractivity contribution in [3.63, 3.8) is 0 Å². The summed E-state index contributed by atoms with van der Waals surface area (Å²) in [4.78, 5) is 18.0. The van der Waals surface area contributed by atoms with Crippen LogP contribution in [0.2, 0.25) is 0 Å². The Labute approximate surface area is 167 Å². The molecule has 1 aromatic heterocycles. The van der Waals surface area contributed by atoms with Crippen LogP contribution in [0.1, 0.15) is 11.1 Å². The van der Waals surface area contributed by atoms with Crippen molar-refractivity contribution in [3.05, 3.63) is 76.6 Å². The van der Waals surface area contributed by atoms with Crippen LogP contribution in [0.3, 0.4) is 0 Å². The molecular weight excluding hydrogens is 368 g/mol. The van der Waals surface area contributed by atoms with E-state index in [4.69, 9.17) is 4.74 Å². The molecule has 0 aliphatic rings. The molecule has 0 saturated heterocycles. The van der Waals surface area contributed by atoms with Gasteiger partial charge in [-0.3, -0.25) is 4.79 Å². The van der Waals surface area contributed by atoms with Gasteiger partial charge in [0.25, 0.3) is 5.91 Å². The summed E-state index contributed by atoms with van der Waals surface area (Å²) in [6, 6.07) is 20.5. The number of benzene rings is 3. The van der Waals surface area contributed by atoms with Gasteiger partial charge in [-0.2, -0.15) is 4.99 Å². The first kappa shape index (κ1) is 18.6. The third kappa shape index (κ3) is 3.77. The zero-order chi connectivity index (χ0) is 19.5. The first-order chi connectivity index (χ1) is 13.7. The van der Waals surface area contributed by atoms with Crippen molar-refractivity contribution >= 4 is 38.2 Å². The molecule has 142 valence electrons. The Kier molecular flexibility index (Phi) is 5.37. The van der Waals surface area contributed by atoms with Gasteiger partial charge in [-0.05, 0) is 41.0 Å². The van der Waals surface area contributed by atoms with Gasteiger partial charge in [-0.15, -0.1) is 0 Å². The van der Waals surface area contributed by atoms with E-state index >= 15 is 0 Å². The van der Waals surface area contributed by atoms with Gasteiger partial charge < -0.3 is 9.30 Å². The van der Waals surface area contributed by atoms with Gasteiger partial charge in [0.1, 0.15) is 0 Å². The molecule has 5 heteroatoms. The largest absolute Gasteiger partial charge is 0.383 e. The van der Waals surface area contributed by atoms with Crippen LogP contribution in [-0.2, 0) is 22.5 Å². The summed E-state index contributed by atoms with van der Waals surface area (Å²) >= 11 is 1.55. The second kappa shape index (κ2) is 8.09. The van der Waals surface area contributed by atoms with E-state index < -0.39 is 0 Å². The zero-order valence-corrected chi connectivity index (χ0v) is 16.8. The highest BCUT2D eigenvalue weighted by molar-refractivity contribution is 7.16. The minimum atomic E-state index is -0.134. The van der Waals surface area contributed by atoms with Gasteiger partial charge in [0.2, 0.25) is 0 Å². The summed E-state index contributed by atoms with van der Waals surface area (Å²) in [5, 5.41) is 2.24. The van der Waals surface area contributed by atoms with Gasteiger partial charge in [0.05, 0.1) is 23.2 Å². The van der Waals surface area contributed by atoms with Crippen LogP contribution in [0.25, 0.3) is 21.0 Å². The Bertz CT molecular complexity index is 1210. The van der Waals surface area contributed by atoms with E-state index in [9.17, 15) is 4.79 Å². The number of amides is 1. The summed E-state index contributed by atoms with van der Waals surface area (Å²) in [6.45, 7) is 3.31. The maximum absolute atomic E-state index is 12.8. The molecule has 0 N–H and O–H groups in total. The molecule has 1 heterocycles. The summed E-state index contributed by atoms with van der Waals surface area (Å²) in [5.74, 6) is -0.134. The number of hydrogen-bond acceptors (Lipinski definition) is 3. The Morgan fingerprint density at radius 3 is 2.79 bits per heavy atom. The smallest absolute Gasteiger partial charge is 0.252 e. The van der Waals surface area contributed by atoms with Crippen molar-refractivity contribution < 1.29 is 9.53 Å². The standard InChI is InChI=1S/C23H22N2O2S/c1-16-10-11-20-21(14-16)28-23(25(20)12-13-27-2)24-22(26)15-18-8-5-7-17-6-3-4-9-19(17)18/h3-11,14H,12-13,15H2,1-2H3. The molecule has 4 aromatic rings. The van der Waals surface area contributed by atoms with Crippen molar-refractivity contribution in [2.24, 2.45) is 4.99 Å². The molecule has 0 aliphatic heterocycles. The molecule has 0 bridgehead atoms. The number of aryl methyl sites for hydroxylation is 1. The second-order valence-electron chi connectivity index (χ2n) is 6.82. The number of carbonyl (C=O) groups is 1. The first-order valence-electron chi connectivity index (χ1n) is 9.29. The molecule has 4 rings (SSSR count). The Morgan fingerprint density at radius 1 is 1.11 bits per heavy atom. The van der Waals surface area contributed by atoms with E-state index in [-0.39, 0.29) is 5.91 Å². The quantitative estimate of drug-likeness (QED) is 0.504. The molecule has 0 radical (unpaired) electrons. The number of nitrogens with zero attached hydrogens (tertiary/aromatic N) is 2. The van der Waals surface area contributed by atoms with E-state index in [0.717, 1.165) is 31.4 Å². The highest BCUT2D eigenvalue weighted by Gasteiger charge is 2.10. The van der Waals surface area contributed by atoms with Crippen LogP contribution >= 0.6 is 11.3 Å². The molecule has 0 atom stereocenters. The summed E-state index contributed by atoms with van der Waals surface area (Å²) in [7, 11) is 1.68. The fourth-order valence-electron chi connectivity index (χ4n) is 3.42. The number of rotatable bonds is 5. The van der Waals surface area contributed by atoms with Gasteiger partial charge >= 0.3 is 0 Å². The highest BCUT2D eigenvalue weighted by Crippen LogP contribution is 2.20. The third-order valence-electron chi connectivity index (χ3n) is 4.80. The van der Waals surface area contributed by atoms with Crippen LogP contribution in [0.15, 0.2) is 65.7 Å². The van der Waals surface area contributed by atoms with E-state index in [0.29, 0.717) is 19.6 Å². The van der Waals surface area contributed by atoms with Gasteiger partial charge in [-0.1, -0.05) is 59.9 Å². The Morgan fingerprint density at radius 2 is 1.93 bits per heavy atom. The predicted molar refractivity (Wildman–Crippen MR) is 115 cm³/mol. The lowest BCUT2D eigenvalue weighted by Gasteiger charge is -2.05. The minimum absolute atomic E-state index is 0.134. The normalized spacial score (nSPS) is 12.1. The molecule has 0 fully saturated rings. The fourth-order valence-corrected chi connectivity index (χ4v) is 4.59. The monoisotopic (exact) mass is 390 g/mol. The molecule has 0 saturated carbocycles. The number of ether oxygens (including phenoxy) is 1. The van der Waals surface area contributed by atoms with Gasteiger partial charge in [0, 0.05) is 13.7 Å². The molecule has 0 aliphatic carbocycles. The average molecular weight is 391 g/mol. The summed E-state index contributed by atoms with van der Waals surface area (Å²) < 4.78 is 8.45. The molecule has 3 aromatic carbocycles. The van der Waals surface area contributed by atoms with E-state index in [1.165, 1.54) is 5.56 Å². The van der Waals surface area contributed by atoms with Crippen LogP contribution in [0.5, 0.6) is 0 Å². The molecule has 0 spiro atoms. The van der Waals surface area contributed by atoms with Crippen LogP contribution < -0.4 is 4.80 Å². The number of thiazole rings is 1. The Balaban J connectivity index is 1.73. The lowest BCUT2D eigenvalue weighted by Crippen LogP contribution is -2.19. The van der Waals surface area contributed by atoms with Gasteiger partial charge in [-0.25, -0.2) is 0 Å². The van der Waals surface area contributed by atoms with Crippen molar-refractivity contribution in [1.82, 2.24) is 4.57 Å². The van der Waals surface area contributed by atoms with Crippen molar-refractivity contribution in [3.8, 4) is 0 Å². The van der Waals surface area contributed by atoms with E-state index in [1.54, 1.807) is 18.4 Å². The highest BCUT2D eigenvalue weighted by atomic mass is 32.1. The molecule has 1 amide bonds. The van der Waals surface area contributed by atoms with Crippen molar-refractivity contribution in [2.75, 3.05) is 13.7 Å². The lowest BCUT2D eigenvalue weighted by atomic mass is 10.0. The lowest BCUT2D eigenvalue weighted by molar-refractivity contribution is -0.117. The predicted octanol–water partition coefficient (Wildman–Crippen LogP) is 4.48. The second-order valence-corrected chi connectivity index (χ2v) is 7.83. The molecule has 28 heavy (non-hydrogen) atoms. The number of carbonyl (C=O) groups excluding carboxylic acids is 1. The molecular formula is C23H22N2O2S. The first-order valence-corrected chi connectivity index (χ1v) is 10.1. The van der Waals surface area contributed by atoms with E-state index in [1.807, 2.05) is 24.3 Å². The zero-order valence-electron chi connectivity index (χ0n) is 16.0. The van der Waals surface area contributed by atoms with E-state index in [2.05, 4.69) is 52.9 Å². The summed E-state index contributed by atoms with van der Waals surface area (Å²) in [6.07, 6.45) is 0.291. The van der Waals surface area contributed by atoms with Crippen molar-refractivity contribution in [2.45, 2.75) is 19.9 Å². The molecule has 4 nitrogen and oxygen atoms in total. The SMILES string of the molecule is COCCn1c(=NC(=O)Cc2cccc3ccccc23)sc2cc(C)ccc21. The Hall–Kier alpha value is -2.76. The topological polar surface area (TPSA) is 43.6 Å². The van der Waals surface area contributed by atoms with Crippen LogP contribution in [-0.4, -0.2) is 24.2 Å². The van der Waals surface area contributed by atoms with Crippen LogP contribution in [0.4, 0.5) is 0 Å². The maximum Gasteiger partial charge on any atom is 0.252 e. The third-order valence-corrected chi connectivity index (χ3v) is 5.84.